The molecule has 1 aliphatic heterocycles. The van der Waals surface area contributed by atoms with Gasteiger partial charge in [-0.05, 0) is 58.6 Å². The van der Waals surface area contributed by atoms with E-state index in [0.29, 0.717) is 12.3 Å². The molecule has 0 spiro atoms. The van der Waals surface area contributed by atoms with Crippen LogP contribution < -0.4 is 11.1 Å². The number of pyridine rings is 1. The van der Waals surface area contributed by atoms with E-state index in [1.165, 1.54) is 5.56 Å². The summed E-state index contributed by atoms with van der Waals surface area (Å²) in [5.74, 6) is -0.233. The molecule has 0 saturated carbocycles. The largest absolute Gasteiger partial charge is 0.463 e. The van der Waals surface area contributed by atoms with Crippen molar-refractivity contribution in [1.82, 2.24) is 4.98 Å². The molecule has 0 aliphatic carbocycles. The fourth-order valence-corrected chi connectivity index (χ4v) is 2.61. The summed E-state index contributed by atoms with van der Waals surface area (Å²) >= 11 is 3.29. The minimum atomic E-state index is -0.233. The Bertz CT molecular complexity index is 744. The Hall–Kier alpha value is -2.41. The van der Waals surface area contributed by atoms with Crippen LogP contribution in [0.15, 0.2) is 52.1 Å². The third-order valence-electron chi connectivity index (χ3n) is 3.67. The van der Waals surface area contributed by atoms with Crippen LogP contribution in [0.1, 0.15) is 22.5 Å². The first kappa shape index (κ1) is 16.4. The van der Waals surface area contributed by atoms with E-state index in [2.05, 4.69) is 31.2 Å². The number of halogens is 1. The summed E-state index contributed by atoms with van der Waals surface area (Å²) in [6.07, 6.45) is 3.36. The highest BCUT2D eigenvalue weighted by molar-refractivity contribution is 9.10. The zero-order valence-corrected chi connectivity index (χ0v) is 14.5. The summed E-state index contributed by atoms with van der Waals surface area (Å²) in [4.78, 5) is 20.4. The predicted molar refractivity (Wildman–Crippen MR) is 96.0 cm³/mol. The molecule has 1 atom stereocenters. The number of amidine groups is 1. The van der Waals surface area contributed by atoms with Gasteiger partial charge in [-0.2, -0.15) is 0 Å². The number of carbonyl (C=O) groups is 1. The van der Waals surface area contributed by atoms with E-state index in [4.69, 9.17) is 10.5 Å². The number of nitrogens with one attached hydrogen (secondary N) is 1. The molecule has 3 rings (SSSR count). The molecular weight excluding hydrogens is 372 g/mol. The van der Waals surface area contributed by atoms with Crippen LogP contribution in [-0.4, -0.2) is 29.6 Å². The minimum Gasteiger partial charge on any atom is -0.463 e. The lowest BCUT2D eigenvalue weighted by Gasteiger charge is -2.08. The van der Waals surface area contributed by atoms with Gasteiger partial charge >= 0.3 is 0 Å². The summed E-state index contributed by atoms with van der Waals surface area (Å²) < 4.78 is 5.97. The molecule has 6 nitrogen and oxygen atoms in total. The Kier molecular flexibility index (Phi) is 5.10. The molecule has 0 bridgehead atoms. The van der Waals surface area contributed by atoms with Crippen LogP contribution in [-0.2, 0) is 11.2 Å². The van der Waals surface area contributed by atoms with Crippen LogP contribution in [0.2, 0.25) is 0 Å². The van der Waals surface area contributed by atoms with Gasteiger partial charge in [0.05, 0.1) is 6.04 Å². The fourth-order valence-electron chi connectivity index (χ4n) is 2.38. The number of amides is 1. The highest BCUT2D eigenvalue weighted by atomic mass is 79.9. The number of aromatic nitrogens is 1. The van der Waals surface area contributed by atoms with Crippen molar-refractivity contribution >= 4 is 33.5 Å². The lowest BCUT2D eigenvalue weighted by molar-refractivity contribution is 0.102. The fraction of sp³-hybridized carbons (Fsp3) is 0.235. The van der Waals surface area contributed by atoms with Gasteiger partial charge in [-0.1, -0.05) is 12.1 Å². The number of anilines is 1. The number of benzene rings is 1. The van der Waals surface area contributed by atoms with Crippen molar-refractivity contribution in [2.45, 2.75) is 18.9 Å². The number of aliphatic imine (C=N–C) groups is 1. The Morgan fingerprint density at radius 2 is 2.08 bits per heavy atom. The van der Waals surface area contributed by atoms with Crippen molar-refractivity contribution in [1.29, 1.82) is 0 Å². The molecule has 2 aromatic rings. The first-order valence-corrected chi connectivity index (χ1v) is 8.37. The van der Waals surface area contributed by atoms with E-state index in [0.717, 1.165) is 23.0 Å². The predicted octanol–water partition coefficient (Wildman–Crippen LogP) is 2.74. The molecule has 7 heteroatoms. The zero-order valence-electron chi connectivity index (χ0n) is 12.9. The zero-order chi connectivity index (χ0) is 16.9. The normalized spacial score (nSPS) is 16.4. The first-order valence-electron chi connectivity index (χ1n) is 7.58. The molecule has 0 radical (unpaired) electrons. The van der Waals surface area contributed by atoms with Crippen molar-refractivity contribution in [3.05, 3.63) is 58.3 Å². The number of ether oxygens (including phenoxy) is 1. The lowest BCUT2D eigenvalue weighted by atomic mass is 10.1. The number of carbonyl (C=O) groups excluding carboxylic acids is 1. The summed E-state index contributed by atoms with van der Waals surface area (Å²) in [6, 6.07) is 11.6. The molecule has 0 fully saturated rings. The van der Waals surface area contributed by atoms with Crippen molar-refractivity contribution in [3.8, 4) is 0 Å². The molecule has 124 valence electrons. The van der Waals surface area contributed by atoms with Crippen molar-refractivity contribution in [3.63, 3.8) is 0 Å². The Morgan fingerprint density at radius 1 is 1.29 bits per heavy atom. The molecule has 3 N–H and O–H groups in total. The Labute approximate surface area is 148 Å². The van der Waals surface area contributed by atoms with Gasteiger partial charge in [0.15, 0.2) is 0 Å². The van der Waals surface area contributed by atoms with Crippen LogP contribution in [0.5, 0.6) is 0 Å². The van der Waals surface area contributed by atoms with Crippen LogP contribution in [0.25, 0.3) is 0 Å². The molecule has 1 aromatic carbocycles. The molecule has 2 heterocycles. The van der Waals surface area contributed by atoms with Crippen LogP contribution in [0.3, 0.4) is 0 Å². The maximum atomic E-state index is 12.1. The highest BCUT2D eigenvalue weighted by Crippen LogP contribution is 2.15. The van der Waals surface area contributed by atoms with E-state index in [1.54, 1.807) is 18.3 Å². The van der Waals surface area contributed by atoms with E-state index in [-0.39, 0.29) is 18.0 Å². The van der Waals surface area contributed by atoms with Gasteiger partial charge in [0.25, 0.3) is 11.9 Å². The van der Waals surface area contributed by atoms with E-state index in [9.17, 15) is 4.79 Å². The number of rotatable bonds is 5. The topological polar surface area (TPSA) is 89.6 Å². The monoisotopic (exact) mass is 388 g/mol. The standard InChI is InChI=1S/C17H17BrN4O2/c18-12-4-8-15(20-9-12)16(23)21-13-5-1-11(2-6-13)3-7-14-10-24-17(19)22-14/h1-2,4-6,8-9,14H,3,7,10H2,(H2,19,22)(H,21,23)/t14-/m0/s1. The lowest BCUT2D eigenvalue weighted by Crippen LogP contribution is -2.13. The van der Waals surface area contributed by atoms with Crippen LogP contribution >= 0.6 is 15.9 Å². The number of hydrogen-bond acceptors (Lipinski definition) is 5. The van der Waals surface area contributed by atoms with Crippen LogP contribution in [0, 0.1) is 0 Å². The number of aryl methyl sites for hydroxylation is 1. The summed E-state index contributed by atoms with van der Waals surface area (Å²) in [6.45, 7) is 0.556. The second-order valence-electron chi connectivity index (χ2n) is 5.48. The number of nitrogens with two attached hydrogens (primary N) is 1. The molecule has 24 heavy (non-hydrogen) atoms. The van der Waals surface area contributed by atoms with E-state index in [1.807, 2.05) is 24.3 Å². The third-order valence-corrected chi connectivity index (χ3v) is 4.14. The highest BCUT2D eigenvalue weighted by Gasteiger charge is 2.16. The van der Waals surface area contributed by atoms with Crippen LogP contribution in [0.4, 0.5) is 5.69 Å². The number of hydrogen-bond donors (Lipinski definition) is 2. The average Bonchev–Trinajstić information content (AvgIpc) is 3.00. The molecule has 0 unspecified atom stereocenters. The van der Waals surface area contributed by atoms with Gasteiger partial charge in [-0.25, -0.2) is 9.98 Å². The van der Waals surface area contributed by atoms with Gasteiger partial charge in [-0.3, -0.25) is 4.79 Å². The maximum absolute atomic E-state index is 12.1. The average molecular weight is 389 g/mol. The molecule has 0 saturated heterocycles. The van der Waals surface area contributed by atoms with Crippen molar-refractivity contribution in [2.75, 3.05) is 11.9 Å². The molecule has 1 aromatic heterocycles. The second-order valence-corrected chi connectivity index (χ2v) is 6.40. The summed E-state index contributed by atoms with van der Waals surface area (Å²) in [5.41, 5.74) is 7.78. The van der Waals surface area contributed by atoms with E-state index < -0.39 is 0 Å². The summed E-state index contributed by atoms with van der Waals surface area (Å²) in [7, 11) is 0. The third kappa shape index (κ3) is 4.32. The molecular formula is C17H17BrN4O2. The summed E-state index contributed by atoms with van der Waals surface area (Å²) in [5, 5.41) is 2.83. The number of nitrogens with zero attached hydrogens (tertiary/aromatic N) is 2. The van der Waals surface area contributed by atoms with Gasteiger partial charge in [-0.15, -0.1) is 0 Å². The smallest absolute Gasteiger partial charge is 0.282 e. The quantitative estimate of drug-likeness (QED) is 0.823. The van der Waals surface area contributed by atoms with Gasteiger partial charge in [0, 0.05) is 16.4 Å². The van der Waals surface area contributed by atoms with Crippen molar-refractivity contribution in [2.24, 2.45) is 10.7 Å². The van der Waals surface area contributed by atoms with Gasteiger partial charge in [0.2, 0.25) is 0 Å². The van der Waals surface area contributed by atoms with Crippen molar-refractivity contribution < 1.29 is 9.53 Å². The maximum Gasteiger partial charge on any atom is 0.282 e. The van der Waals surface area contributed by atoms with E-state index >= 15 is 0 Å². The second kappa shape index (κ2) is 7.44. The van der Waals surface area contributed by atoms with Gasteiger partial charge in [0.1, 0.15) is 12.3 Å². The minimum absolute atomic E-state index is 0.132. The SMILES string of the molecule is NC1=N[C@@H](CCc2ccc(NC(=O)c3ccc(Br)cn3)cc2)CO1. The Morgan fingerprint density at radius 3 is 2.71 bits per heavy atom. The van der Waals surface area contributed by atoms with Gasteiger partial charge < -0.3 is 15.8 Å². The molecule has 1 amide bonds. The molecule has 1 aliphatic rings. The first-order chi connectivity index (χ1) is 11.6. The Balaban J connectivity index is 1.54.